The fourth-order valence-corrected chi connectivity index (χ4v) is 2.36. The van der Waals surface area contributed by atoms with Gasteiger partial charge in [0.1, 0.15) is 5.82 Å². The number of nitrogens with two attached hydrogens (primary N) is 1. The van der Waals surface area contributed by atoms with Crippen LogP contribution in [-0.2, 0) is 0 Å². The first-order chi connectivity index (χ1) is 9.30. The molecule has 0 aliphatic carbocycles. The first-order valence-corrected chi connectivity index (χ1v) is 6.36. The number of alkyl halides is 3. The van der Waals surface area contributed by atoms with Gasteiger partial charge in [-0.1, -0.05) is 18.2 Å². The Morgan fingerprint density at radius 1 is 1.30 bits per heavy atom. The van der Waals surface area contributed by atoms with Crippen molar-refractivity contribution in [3.8, 4) is 0 Å². The lowest BCUT2D eigenvalue weighted by atomic mass is 10.0. The van der Waals surface area contributed by atoms with Crippen molar-refractivity contribution in [3.63, 3.8) is 0 Å². The van der Waals surface area contributed by atoms with Gasteiger partial charge < -0.3 is 10.6 Å². The van der Waals surface area contributed by atoms with E-state index in [1.54, 1.807) is 24.0 Å². The predicted molar refractivity (Wildman–Crippen MR) is 70.0 cm³/mol. The van der Waals surface area contributed by atoms with E-state index >= 15 is 0 Å². The van der Waals surface area contributed by atoms with E-state index in [1.807, 2.05) is 0 Å². The van der Waals surface area contributed by atoms with Crippen molar-refractivity contribution in [2.45, 2.75) is 25.6 Å². The summed E-state index contributed by atoms with van der Waals surface area (Å²) in [6.07, 6.45) is -3.33. The van der Waals surface area contributed by atoms with E-state index < -0.39 is 17.6 Å². The average molecular weight is 288 g/mol. The highest BCUT2D eigenvalue weighted by molar-refractivity contribution is 5.57. The molecule has 0 spiro atoms. The molecule has 1 aromatic rings. The molecule has 0 fully saturated rings. The zero-order valence-electron chi connectivity index (χ0n) is 11.0. The summed E-state index contributed by atoms with van der Waals surface area (Å²) < 4.78 is 51.7. The van der Waals surface area contributed by atoms with Gasteiger partial charge >= 0.3 is 6.18 Å². The summed E-state index contributed by atoms with van der Waals surface area (Å²) in [6.45, 7) is 1.89. The zero-order chi connectivity index (χ0) is 14.9. The van der Waals surface area contributed by atoms with Gasteiger partial charge in [-0.05, 0) is 25.0 Å². The van der Waals surface area contributed by atoms with E-state index in [2.05, 4.69) is 0 Å². The second-order valence-electron chi connectivity index (χ2n) is 4.89. The molecular formula is C14H16F4N2. The van der Waals surface area contributed by atoms with Crippen LogP contribution in [0, 0.1) is 5.82 Å². The Labute approximate surface area is 114 Å². The minimum absolute atomic E-state index is 0.0372. The van der Waals surface area contributed by atoms with Crippen LogP contribution in [0.15, 0.2) is 29.8 Å². The summed E-state index contributed by atoms with van der Waals surface area (Å²) in [6, 6.07) is 4.17. The molecular weight excluding hydrogens is 272 g/mol. The summed E-state index contributed by atoms with van der Waals surface area (Å²) in [5.74, 6) is -0.455. The molecule has 110 valence electrons. The Balaban J connectivity index is 2.30. The highest BCUT2D eigenvalue weighted by Gasteiger charge is 2.35. The zero-order valence-corrected chi connectivity index (χ0v) is 11.0. The molecule has 2 N–H and O–H groups in total. The fraction of sp³-hybridized carbons (Fsp3) is 0.429. The maximum Gasteiger partial charge on any atom is 0.412 e. The molecule has 0 saturated carbocycles. The third-order valence-electron chi connectivity index (χ3n) is 3.40. The van der Waals surface area contributed by atoms with Crippen LogP contribution in [-0.4, -0.2) is 19.3 Å². The molecule has 1 aliphatic rings. The third kappa shape index (κ3) is 2.95. The van der Waals surface area contributed by atoms with Crippen molar-refractivity contribution in [2.75, 3.05) is 18.0 Å². The van der Waals surface area contributed by atoms with Gasteiger partial charge in [-0.2, -0.15) is 13.2 Å². The predicted octanol–water partition coefficient (Wildman–Crippen LogP) is 3.54. The second kappa shape index (κ2) is 5.44. The Morgan fingerprint density at radius 3 is 2.50 bits per heavy atom. The number of rotatable bonds is 2. The molecule has 0 unspecified atom stereocenters. The summed E-state index contributed by atoms with van der Waals surface area (Å²) >= 11 is 0. The average Bonchev–Trinajstić information content (AvgIpc) is 2.37. The monoisotopic (exact) mass is 288 g/mol. The third-order valence-corrected chi connectivity index (χ3v) is 3.40. The molecule has 1 atom stereocenters. The van der Waals surface area contributed by atoms with Gasteiger partial charge in [-0.15, -0.1) is 0 Å². The van der Waals surface area contributed by atoms with Crippen LogP contribution in [0.4, 0.5) is 23.2 Å². The minimum atomic E-state index is -4.30. The topological polar surface area (TPSA) is 29.3 Å². The molecule has 6 heteroatoms. The largest absolute Gasteiger partial charge is 0.412 e. The highest BCUT2D eigenvalue weighted by atomic mass is 19.4. The van der Waals surface area contributed by atoms with Crippen LogP contribution in [0.25, 0.3) is 0 Å². The summed E-state index contributed by atoms with van der Waals surface area (Å²) in [7, 11) is 0. The fourth-order valence-electron chi connectivity index (χ4n) is 2.36. The van der Waals surface area contributed by atoms with Gasteiger partial charge in [0.2, 0.25) is 0 Å². The SMILES string of the molecule is C[C@H](N)c1cccc(F)c1N1CC=C(C(F)(F)F)CC1. The summed E-state index contributed by atoms with van der Waals surface area (Å²) in [5.41, 5.74) is 6.16. The van der Waals surface area contributed by atoms with Gasteiger partial charge in [0.25, 0.3) is 0 Å². The Kier molecular flexibility index (Phi) is 4.04. The normalized spacial score (nSPS) is 17.9. The first-order valence-electron chi connectivity index (χ1n) is 6.36. The maximum atomic E-state index is 14.0. The van der Waals surface area contributed by atoms with Gasteiger partial charge in [0.05, 0.1) is 5.69 Å². The molecule has 0 radical (unpaired) electrons. The summed E-state index contributed by atoms with van der Waals surface area (Å²) in [4.78, 5) is 1.60. The Hall–Kier alpha value is -1.56. The van der Waals surface area contributed by atoms with Crippen molar-refractivity contribution in [2.24, 2.45) is 5.73 Å². The molecule has 1 heterocycles. The molecule has 0 bridgehead atoms. The summed E-state index contributed by atoms with van der Waals surface area (Å²) in [5, 5.41) is 0. The lowest BCUT2D eigenvalue weighted by Gasteiger charge is -2.31. The molecule has 2 nitrogen and oxygen atoms in total. The van der Waals surface area contributed by atoms with Gasteiger partial charge in [-0.25, -0.2) is 4.39 Å². The van der Waals surface area contributed by atoms with E-state index in [4.69, 9.17) is 5.73 Å². The lowest BCUT2D eigenvalue weighted by Crippen LogP contribution is -2.33. The molecule has 1 aliphatic heterocycles. The smallest absolute Gasteiger partial charge is 0.365 e. The van der Waals surface area contributed by atoms with E-state index in [0.29, 0.717) is 11.3 Å². The molecule has 2 rings (SSSR count). The number of halogens is 4. The van der Waals surface area contributed by atoms with Crippen molar-refractivity contribution in [1.82, 2.24) is 0 Å². The molecule has 0 aromatic heterocycles. The number of para-hydroxylation sites is 1. The van der Waals surface area contributed by atoms with Crippen molar-refractivity contribution < 1.29 is 17.6 Å². The van der Waals surface area contributed by atoms with Gasteiger partial charge in [0, 0.05) is 24.7 Å². The molecule has 0 saturated heterocycles. The van der Waals surface area contributed by atoms with Crippen LogP contribution in [0.2, 0.25) is 0 Å². The van der Waals surface area contributed by atoms with Crippen LogP contribution >= 0.6 is 0 Å². The standard InChI is InChI=1S/C14H16F4N2/c1-9(19)11-3-2-4-12(15)13(11)20-7-5-10(6-8-20)14(16,17)18/h2-5,9H,6-8,19H2,1H3/t9-/m0/s1. The van der Waals surface area contributed by atoms with Crippen LogP contribution in [0.3, 0.4) is 0 Å². The van der Waals surface area contributed by atoms with Crippen LogP contribution in [0.5, 0.6) is 0 Å². The number of benzene rings is 1. The van der Waals surface area contributed by atoms with Crippen molar-refractivity contribution >= 4 is 5.69 Å². The lowest BCUT2D eigenvalue weighted by molar-refractivity contribution is -0.0944. The number of nitrogens with zero attached hydrogens (tertiary/aromatic N) is 1. The Morgan fingerprint density at radius 2 is 2.00 bits per heavy atom. The van der Waals surface area contributed by atoms with Gasteiger partial charge in [0.15, 0.2) is 0 Å². The minimum Gasteiger partial charge on any atom is -0.365 e. The van der Waals surface area contributed by atoms with E-state index in [-0.39, 0.29) is 25.6 Å². The van der Waals surface area contributed by atoms with Crippen molar-refractivity contribution in [3.05, 3.63) is 41.2 Å². The number of hydrogen-bond acceptors (Lipinski definition) is 2. The van der Waals surface area contributed by atoms with E-state index in [1.165, 1.54) is 6.07 Å². The quantitative estimate of drug-likeness (QED) is 0.666. The molecule has 0 amide bonds. The van der Waals surface area contributed by atoms with Crippen LogP contribution < -0.4 is 10.6 Å². The van der Waals surface area contributed by atoms with Crippen molar-refractivity contribution in [1.29, 1.82) is 0 Å². The number of anilines is 1. The van der Waals surface area contributed by atoms with E-state index in [0.717, 1.165) is 6.08 Å². The Bertz CT molecular complexity index is 520. The van der Waals surface area contributed by atoms with E-state index in [9.17, 15) is 17.6 Å². The van der Waals surface area contributed by atoms with Gasteiger partial charge in [-0.3, -0.25) is 0 Å². The second-order valence-corrected chi connectivity index (χ2v) is 4.89. The number of hydrogen-bond donors (Lipinski definition) is 1. The highest BCUT2D eigenvalue weighted by Crippen LogP contribution is 2.34. The molecule has 20 heavy (non-hydrogen) atoms. The first kappa shape index (κ1) is 14.8. The molecule has 1 aromatic carbocycles. The maximum absolute atomic E-state index is 14.0. The van der Waals surface area contributed by atoms with Crippen LogP contribution in [0.1, 0.15) is 24.9 Å².